The van der Waals surface area contributed by atoms with Crippen LogP contribution in [0.3, 0.4) is 0 Å². The molecule has 0 aliphatic heterocycles. The molecule has 1 aromatic carbocycles. The van der Waals surface area contributed by atoms with Crippen LogP contribution in [0.1, 0.15) is 6.92 Å². The summed E-state index contributed by atoms with van der Waals surface area (Å²) in [6.45, 7) is 1.28. The molecule has 0 spiro atoms. The summed E-state index contributed by atoms with van der Waals surface area (Å²) in [6, 6.07) is 2.89. The number of amides is 2. The lowest BCUT2D eigenvalue weighted by Gasteiger charge is -2.12. The van der Waals surface area contributed by atoms with E-state index < -0.39 is 65.4 Å². The quantitative estimate of drug-likeness (QED) is 0.606. The summed E-state index contributed by atoms with van der Waals surface area (Å²) in [5.41, 5.74) is 0. The minimum atomic E-state index is -5.29. The fraction of sp³-hybridized carbons (Fsp3) is 0.214. The number of nitrogens with one attached hydrogen (secondary N) is 2. The van der Waals surface area contributed by atoms with Crippen LogP contribution in [0.5, 0.6) is 5.88 Å². The van der Waals surface area contributed by atoms with Crippen LogP contribution in [0, 0.1) is 5.82 Å². The molecular formula is C14H12F4N4O6S2. The number of carbonyl (C=O) groups is 1. The third kappa shape index (κ3) is 5.76. The monoisotopic (exact) mass is 472 g/mol. The average Bonchev–Trinajstić information content (AvgIpc) is 2.63. The van der Waals surface area contributed by atoms with E-state index in [-0.39, 0.29) is 6.20 Å². The van der Waals surface area contributed by atoms with Gasteiger partial charge in [-0.1, -0.05) is 19.1 Å². The van der Waals surface area contributed by atoms with Crippen molar-refractivity contribution in [1.29, 1.82) is 0 Å². The Labute approximate surface area is 167 Å². The average molecular weight is 472 g/mol. The number of benzene rings is 1. The molecule has 0 saturated carbocycles. The first kappa shape index (κ1) is 23.3. The summed E-state index contributed by atoms with van der Waals surface area (Å²) in [5, 5.41) is 1.68. The molecule has 2 amide bonds. The summed E-state index contributed by atoms with van der Waals surface area (Å²) in [6.07, 6.45) is -5.03. The van der Waals surface area contributed by atoms with Crippen molar-refractivity contribution < 1.29 is 43.9 Å². The van der Waals surface area contributed by atoms with E-state index in [1.807, 2.05) is 0 Å². The van der Waals surface area contributed by atoms with Gasteiger partial charge in [-0.2, -0.15) is 9.37 Å². The van der Waals surface area contributed by atoms with Crippen molar-refractivity contribution in [3.63, 3.8) is 0 Å². The molecule has 2 rings (SSSR count). The summed E-state index contributed by atoms with van der Waals surface area (Å²) < 4.78 is 104. The molecule has 2 N–H and O–H groups in total. The first-order valence-corrected chi connectivity index (χ1v) is 10.8. The van der Waals surface area contributed by atoms with Gasteiger partial charge in [0.05, 0.1) is 16.8 Å². The number of carbonyl (C=O) groups excluding carboxylic acids is 1. The maximum Gasteiger partial charge on any atom is 0.574 e. The van der Waals surface area contributed by atoms with Crippen molar-refractivity contribution in [2.75, 3.05) is 11.1 Å². The highest BCUT2D eigenvalue weighted by Crippen LogP contribution is 2.24. The SMILES string of the molecule is CCS(=O)(=O)c1ccccc1S(=O)(=O)NC(=O)Nc1ncc(F)c(OC(F)(F)F)n1. The predicted octanol–water partition coefficient (Wildman–Crippen LogP) is 1.82. The van der Waals surface area contributed by atoms with Crippen LogP contribution in [0.25, 0.3) is 0 Å². The van der Waals surface area contributed by atoms with Gasteiger partial charge in [0.2, 0.25) is 11.8 Å². The summed E-state index contributed by atoms with van der Waals surface area (Å²) in [5.74, 6) is -4.49. The standard InChI is InChI=1S/C14H12F4N4O6S2/c1-2-29(24,25)9-5-3-4-6-10(9)30(26,27)22-13(23)21-12-19-7-8(15)11(20-12)28-14(16,17)18/h3-7H,2H2,1H3,(H2,19,20,21,22,23). The number of sulfone groups is 1. The molecule has 16 heteroatoms. The van der Waals surface area contributed by atoms with E-state index in [1.54, 1.807) is 5.32 Å². The van der Waals surface area contributed by atoms with E-state index >= 15 is 0 Å². The van der Waals surface area contributed by atoms with Gasteiger partial charge in [0.15, 0.2) is 9.84 Å². The van der Waals surface area contributed by atoms with E-state index in [1.165, 1.54) is 23.8 Å². The van der Waals surface area contributed by atoms with Crippen molar-refractivity contribution in [2.24, 2.45) is 0 Å². The Morgan fingerprint density at radius 3 is 2.30 bits per heavy atom. The van der Waals surface area contributed by atoms with Crippen LogP contribution in [-0.2, 0) is 19.9 Å². The van der Waals surface area contributed by atoms with Gasteiger partial charge in [-0.25, -0.2) is 31.3 Å². The smallest absolute Gasteiger partial charge is 0.384 e. The van der Waals surface area contributed by atoms with Gasteiger partial charge in [0.25, 0.3) is 15.9 Å². The molecule has 30 heavy (non-hydrogen) atoms. The Morgan fingerprint density at radius 1 is 1.13 bits per heavy atom. The maximum atomic E-state index is 13.3. The highest BCUT2D eigenvalue weighted by Gasteiger charge is 2.34. The van der Waals surface area contributed by atoms with Gasteiger partial charge in [-0.3, -0.25) is 5.32 Å². The zero-order valence-corrected chi connectivity index (χ0v) is 16.4. The minimum Gasteiger partial charge on any atom is -0.384 e. The molecule has 0 radical (unpaired) electrons. The summed E-state index contributed by atoms with van der Waals surface area (Å²) in [4.78, 5) is 16.8. The number of alkyl halides is 3. The molecule has 1 aromatic heterocycles. The number of rotatable bonds is 6. The highest BCUT2D eigenvalue weighted by molar-refractivity contribution is 7.93. The second kappa shape index (κ2) is 8.39. The molecule has 164 valence electrons. The summed E-state index contributed by atoms with van der Waals surface area (Å²) in [7, 11) is -8.71. The van der Waals surface area contributed by atoms with Crippen LogP contribution in [0.15, 0.2) is 40.3 Å². The zero-order valence-electron chi connectivity index (χ0n) is 14.8. The first-order chi connectivity index (χ1) is 13.7. The second-order valence-corrected chi connectivity index (χ2v) is 9.20. The maximum absolute atomic E-state index is 13.3. The van der Waals surface area contributed by atoms with Gasteiger partial charge in [-0.05, 0) is 12.1 Å². The van der Waals surface area contributed by atoms with Crippen LogP contribution in [0.4, 0.5) is 28.3 Å². The Bertz CT molecular complexity index is 1170. The number of ether oxygens (including phenoxy) is 1. The van der Waals surface area contributed by atoms with Gasteiger partial charge < -0.3 is 4.74 Å². The Balaban J connectivity index is 2.27. The van der Waals surface area contributed by atoms with Gasteiger partial charge >= 0.3 is 12.4 Å². The number of anilines is 1. The molecule has 1 heterocycles. The normalized spacial score (nSPS) is 12.3. The van der Waals surface area contributed by atoms with E-state index in [2.05, 4.69) is 14.7 Å². The topological polar surface area (TPSA) is 144 Å². The molecule has 0 fully saturated rings. The number of halogens is 4. The number of hydrogen-bond donors (Lipinski definition) is 2. The van der Waals surface area contributed by atoms with E-state index in [4.69, 9.17) is 0 Å². The fourth-order valence-electron chi connectivity index (χ4n) is 1.98. The zero-order chi connectivity index (χ0) is 22.7. The van der Waals surface area contributed by atoms with Gasteiger partial charge in [0, 0.05) is 0 Å². The first-order valence-electron chi connectivity index (χ1n) is 7.69. The molecule has 2 aromatic rings. The van der Waals surface area contributed by atoms with E-state index in [9.17, 15) is 39.2 Å². The number of nitrogens with zero attached hydrogens (tertiary/aromatic N) is 2. The number of sulfonamides is 1. The lowest BCUT2D eigenvalue weighted by Crippen LogP contribution is -2.35. The number of aromatic nitrogens is 2. The van der Waals surface area contributed by atoms with Gasteiger partial charge in [-0.15, -0.1) is 13.2 Å². The lowest BCUT2D eigenvalue weighted by molar-refractivity contribution is -0.277. The van der Waals surface area contributed by atoms with Crippen molar-refractivity contribution in [1.82, 2.24) is 14.7 Å². The van der Waals surface area contributed by atoms with Gasteiger partial charge in [0.1, 0.15) is 4.90 Å². The van der Waals surface area contributed by atoms with Crippen molar-refractivity contribution in [3.8, 4) is 5.88 Å². The predicted molar refractivity (Wildman–Crippen MR) is 92.2 cm³/mol. The van der Waals surface area contributed by atoms with Crippen LogP contribution >= 0.6 is 0 Å². The Kier molecular flexibility index (Phi) is 6.51. The lowest BCUT2D eigenvalue weighted by atomic mass is 10.4. The molecule has 0 atom stereocenters. The molecule has 0 aliphatic rings. The largest absolute Gasteiger partial charge is 0.574 e. The molecule has 0 saturated heterocycles. The van der Waals surface area contributed by atoms with Crippen molar-refractivity contribution >= 4 is 31.8 Å². The molecule has 0 bridgehead atoms. The molecule has 0 unspecified atom stereocenters. The van der Waals surface area contributed by atoms with E-state index in [0.717, 1.165) is 12.1 Å². The van der Waals surface area contributed by atoms with Crippen LogP contribution in [0.2, 0.25) is 0 Å². The second-order valence-electron chi connectivity index (χ2n) is 5.30. The van der Waals surface area contributed by atoms with E-state index in [0.29, 0.717) is 0 Å². The third-order valence-corrected chi connectivity index (χ3v) is 6.54. The van der Waals surface area contributed by atoms with Crippen LogP contribution in [-0.4, -0.2) is 44.9 Å². The van der Waals surface area contributed by atoms with Crippen molar-refractivity contribution in [2.45, 2.75) is 23.1 Å². The summed E-state index contributed by atoms with van der Waals surface area (Å²) >= 11 is 0. The highest BCUT2D eigenvalue weighted by atomic mass is 32.2. The fourth-order valence-corrected chi connectivity index (χ4v) is 4.66. The number of urea groups is 1. The molecular weight excluding hydrogens is 460 g/mol. The third-order valence-electron chi connectivity index (χ3n) is 3.23. The van der Waals surface area contributed by atoms with Crippen LogP contribution < -0.4 is 14.8 Å². The Morgan fingerprint density at radius 2 is 1.73 bits per heavy atom. The Hall–Kier alpha value is -3.01. The molecule has 10 nitrogen and oxygen atoms in total. The van der Waals surface area contributed by atoms with Crippen molar-refractivity contribution in [3.05, 3.63) is 36.3 Å². The molecule has 0 aliphatic carbocycles. The number of hydrogen-bond acceptors (Lipinski definition) is 8. The minimum absolute atomic E-state index is 0.251.